The van der Waals surface area contributed by atoms with Gasteiger partial charge in [0.2, 0.25) is 0 Å². The summed E-state index contributed by atoms with van der Waals surface area (Å²) in [5, 5.41) is 0. The van der Waals surface area contributed by atoms with Crippen molar-refractivity contribution in [3.05, 3.63) is 0 Å². The monoisotopic (exact) mass is 234 g/mol. The molecular formula is C7H13Cl3O2. The van der Waals surface area contributed by atoms with E-state index in [1.54, 1.807) is 0 Å². The molecule has 0 saturated heterocycles. The fourth-order valence-corrected chi connectivity index (χ4v) is 0.431. The van der Waals surface area contributed by atoms with Crippen molar-refractivity contribution in [2.75, 3.05) is 0 Å². The van der Waals surface area contributed by atoms with Gasteiger partial charge in [-0.05, 0) is 20.8 Å². The van der Waals surface area contributed by atoms with E-state index in [4.69, 9.17) is 39.5 Å². The maximum Gasteiger partial charge on any atom is 0.303 e. The molecule has 0 fully saturated rings. The fourth-order valence-electron chi connectivity index (χ4n) is 0.431. The molecule has 0 radical (unpaired) electrons. The van der Waals surface area contributed by atoms with E-state index in [0.29, 0.717) is 0 Å². The molecule has 0 aromatic heterocycles. The summed E-state index contributed by atoms with van der Waals surface area (Å²) < 4.78 is 4.05. The molecule has 74 valence electrons. The molecule has 0 atom stereocenters. The van der Waals surface area contributed by atoms with Crippen LogP contribution in [0.5, 0.6) is 0 Å². The molecule has 0 bridgehead atoms. The van der Waals surface area contributed by atoms with Crippen molar-refractivity contribution in [1.82, 2.24) is 0 Å². The molecule has 0 spiro atoms. The van der Waals surface area contributed by atoms with Crippen LogP contribution in [-0.4, -0.2) is 15.9 Å². The maximum atomic E-state index is 10.2. The predicted molar refractivity (Wildman–Crippen MR) is 52.9 cm³/mol. The Bertz CT molecular complexity index is 126. The van der Waals surface area contributed by atoms with Crippen LogP contribution in [0.3, 0.4) is 0 Å². The number of alkyl halides is 3. The number of carbonyl (C=O) groups is 1. The molecule has 0 heterocycles. The third-order valence-electron chi connectivity index (χ3n) is 0.450. The van der Waals surface area contributed by atoms with Crippen LogP contribution in [0.2, 0.25) is 0 Å². The van der Waals surface area contributed by atoms with Gasteiger partial charge in [0.1, 0.15) is 5.60 Å². The highest BCUT2D eigenvalue weighted by Gasteiger charge is 2.11. The highest BCUT2D eigenvalue weighted by Crippen LogP contribution is 2.05. The first-order valence-corrected chi connectivity index (χ1v) is 4.58. The molecule has 12 heavy (non-hydrogen) atoms. The van der Waals surface area contributed by atoms with Crippen LogP contribution in [0.1, 0.15) is 27.7 Å². The van der Waals surface area contributed by atoms with Crippen LogP contribution in [0, 0.1) is 0 Å². The first-order valence-electron chi connectivity index (χ1n) is 3.27. The lowest BCUT2D eigenvalue weighted by molar-refractivity contribution is -0.151. The fraction of sp³-hybridized carbons (Fsp3) is 0.857. The van der Waals surface area contributed by atoms with Gasteiger partial charge < -0.3 is 4.74 Å². The summed E-state index contributed by atoms with van der Waals surface area (Å²) in [7, 11) is 0. The number of carbonyl (C=O) groups excluding carboxylic acids is 1. The van der Waals surface area contributed by atoms with E-state index in [1.807, 2.05) is 20.8 Å². The molecular weight excluding hydrogens is 222 g/mol. The van der Waals surface area contributed by atoms with Gasteiger partial charge in [0.25, 0.3) is 0 Å². The van der Waals surface area contributed by atoms with Crippen molar-refractivity contribution in [3.63, 3.8) is 0 Å². The zero-order valence-electron chi connectivity index (χ0n) is 7.53. The van der Waals surface area contributed by atoms with Crippen molar-refractivity contribution in [1.29, 1.82) is 0 Å². The van der Waals surface area contributed by atoms with Gasteiger partial charge in [0, 0.05) is 6.92 Å². The van der Waals surface area contributed by atoms with E-state index in [9.17, 15) is 4.79 Å². The average molecular weight is 236 g/mol. The van der Waals surface area contributed by atoms with Gasteiger partial charge in [-0.1, -0.05) is 34.8 Å². The minimum Gasteiger partial charge on any atom is -0.460 e. The number of hydrogen-bond acceptors (Lipinski definition) is 2. The second-order valence-electron chi connectivity index (χ2n) is 2.95. The molecule has 2 nitrogen and oxygen atoms in total. The van der Waals surface area contributed by atoms with Crippen LogP contribution < -0.4 is 0 Å². The summed E-state index contributed by atoms with van der Waals surface area (Å²) >= 11 is 14.4. The summed E-state index contributed by atoms with van der Waals surface area (Å²) in [6.45, 7) is 6.93. The number of esters is 1. The first-order chi connectivity index (χ1) is 5.15. The first kappa shape index (κ1) is 14.8. The van der Waals surface area contributed by atoms with Crippen molar-refractivity contribution in [2.45, 2.75) is 37.6 Å². The molecule has 0 aliphatic carbocycles. The normalized spacial score (nSPS) is 10.3. The molecule has 0 aliphatic rings. The minimum absolute atomic E-state index is 0.225. The van der Waals surface area contributed by atoms with E-state index >= 15 is 0 Å². The molecule has 5 heteroatoms. The van der Waals surface area contributed by atoms with E-state index in [-0.39, 0.29) is 11.6 Å². The maximum absolute atomic E-state index is 10.2. The average Bonchev–Trinajstić information content (AvgIpc) is 1.52. The summed E-state index contributed by atoms with van der Waals surface area (Å²) in [6.07, 6.45) is 0. The Morgan fingerprint density at radius 1 is 1.25 bits per heavy atom. The largest absolute Gasteiger partial charge is 0.460 e. The second-order valence-corrected chi connectivity index (χ2v) is 4.93. The van der Waals surface area contributed by atoms with E-state index in [2.05, 4.69) is 0 Å². The van der Waals surface area contributed by atoms with Crippen LogP contribution >= 0.6 is 34.8 Å². The van der Waals surface area contributed by atoms with E-state index in [1.165, 1.54) is 6.92 Å². The molecule has 0 saturated carbocycles. The van der Waals surface area contributed by atoms with E-state index in [0.717, 1.165) is 0 Å². The van der Waals surface area contributed by atoms with Crippen LogP contribution in [0.25, 0.3) is 0 Å². The van der Waals surface area contributed by atoms with Crippen molar-refractivity contribution >= 4 is 40.8 Å². The molecule has 0 aromatic carbocycles. The number of hydrogen-bond donors (Lipinski definition) is 0. The Labute approximate surface area is 88.1 Å². The highest BCUT2D eigenvalue weighted by molar-refractivity contribution is 6.63. The van der Waals surface area contributed by atoms with Gasteiger partial charge in [0.05, 0.1) is 0 Å². The summed E-state index contributed by atoms with van der Waals surface area (Å²) in [5.41, 5.74) is -0.328. The quantitative estimate of drug-likeness (QED) is 0.475. The number of ether oxygens (including phenoxy) is 1. The molecule has 0 aliphatic heterocycles. The van der Waals surface area contributed by atoms with Crippen molar-refractivity contribution in [2.24, 2.45) is 0 Å². The lowest BCUT2D eigenvalue weighted by atomic mass is 10.2. The number of halogens is 3. The predicted octanol–water partition coefficient (Wildman–Crippen LogP) is 3.33. The smallest absolute Gasteiger partial charge is 0.303 e. The lowest BCUT2D eigenvalue weighted by Crippen LogP contribution is -2.21. The zero-order valence-corrected chi connectivity index (χ0v) is 9.80. The molecule has 0 unspecified atom stereocenters. The topological polar surface area (TPSA) is 26.3 Å². The summed E-state index contributed by atoms with van der Waals surface area (Å²) in [4.78, 5) is 10.2. The van der Waals surface area contributed by atoms with Crippen LogP contribution in [0.15, 0.2) is 0 Å². The SMILES string of the molecule is CC(=O)OC(C)(C)C.ClC(Cl)Cl. The Morgan fingerprint density at radius 2 is 1.50 bits per heavy atom. The van der Waals surface area contributed by atoms with E-state index < -0.39 is 4.30 Å². The van der Waals surface area contributed by atoms with Crippen molar-refractivity contribution in [3.8, 4) is 0 Å². The Morgan fingerprint density at radius 3 is 1.50 bits per heavy atom. The standard InChI is InChI=1S/C6H12O2.CHCl3/c1-5(7)8-6(2,3)4;2-1(3)4/h1-4H3;1H. The van der Waals surface area contributed by atoms with Gasteiger partial charge in [-0.15, -0.1) is 0 Å². The minimum atomic E-state index is -0.750. The highest BCUT2D eigenvalue weighted by atomic mass is 35.6. The van der Waals surface area contributed by atoms with Gasteiger partial charge in [-0.3, -0.25) is 4.79 Å². The van der Waals surface area contributed by atoms with Gasteiger partial charge >= 0.3 is 5.97 Å². The van der Waals surface area contributed by atoms with Gasteiger partial charge in [-0.2, -0.15) is 0 Å². The van der Waals surface area contributed by atoms with Crippen LogP contribution in [0.4, 0.5) is 0 Å². The Kier molecular flexibility index (Phi) is 8.43. The second kappa shape index (κ2) is 6.81. The number of rotatable bonds is 0. The Hall–Kier alpha value is 0.340. The van der Waals surface area contributed by atoms with Crippen LogP contribution in [-0.2, 0) is 9.53 Å². The third kappa shape index (κ3) is 31.6. The summed E-state index contributed by atoms with van der Waals surface area (Å²) in [6, 6.07) is 0. The molecule has 0 aromatic rings. The third-order valence-corrected chi connectivity index (χ3v) is 0.450. The molecule has 0 amide bonds. The van der Waals surface area contributed by atoms with Gasteiger partial charge in [0.15, 0.2) is 4.30 Å². The zero-order chi connectivity index (χ0) is 10.4. The van der Waals surface area contributed by atoms with Crippen molar-refractivity contribution < 1.29 is 9.53 Å². The lowest BCUT2D eigenvalue weighted by Gasteiger charge is -2.17. The molecule has 0 N–H and O–H groups in total. The molecule has 0 rings (SSSR count). The summed E-state index contributed by atoms with van der Waals surface area (Å²) in [5.74, 6) is -0.225. The Balaban J connectivity index is 0. The van der Waals surface area contributed by atoms with Gasteiger partial charge in [-0.25, -0.2) is 0 Å².